The molecule has 116 valence electrons. The van der Waals surface area contributed by atoms with E-state index in [4.69, 9.17) is 5.73 Å². The normalized spacial score (nSPS) is 29.3. The molecule has 7 nitrogen and oxygen atoms in total. The van der Waals surface area contributed by atoms with Crippen molar-refractivity contribution in [1.82, 2.24) is 15.5 Å². The molecule has 0 aromatic rings. The first-order chi connectivity index (χ1) is 10.1. The third-order valence-corrected chi connectivity index (χ3v) is 4.32. The average Bonchev–Trinajstić information content (AvgIpc) is 3.12. The molecule has 3 aliphatic rings. The van der Waals surface area contributed by atoms with Gasteiger partial charge < -0.3 is 21.3 Å². The Balaban J connectivity index is 1.44. The minimum Gasteiger partial charge on any atom is -0.370 e. The maximum atomic E-state index is 12.3. The summed E-state index contributed by atoms with van der Waals surface area (Å²) < 4.78 is 0. The van der Waals surface area contributed by atoms with E-state index in [-0.39, 0.29) is 23.9 Å². The third-order valence-electron chi connectivity index (χ3n) is 4.32. The molecule has 21 heavy (non-hydrogen) atoms. The van der Waals surface area contributed by atoms with Gasteiger partial charge in [0.1, 0.15) is 12.1 Å². The van der Waals surface area contributed by atoms with Crippen molar-refractivity contribution in [3.63, 3.8) is 0 Å². The van der Waals surface area contributed by atoms with Crippen molar-refractivity contribution in [1.29, 1.82) is 0 Å². The smallest absolute Gasteiger partial charge is 0.245 e. The van der Waals surface area contributed by atoms with E-state index in [9.17, 15) is 9.59 Å². The van der Waals surface area contributed by atoms with Crippen LogP contribution in [0.4, 0.5) is 0 Å². The molecule has 0 radical (unpaired) electrons. The van der Waals surface area contributed by atoms with Gasteiger partial charge in [0.25, 0.3) is 0 Å². The summed E-state index contributed by atoms with van der Waals surface area (Å²) in [5.41, 5.74) is 5.75. The predicted octanol–water partition coefficient (Wildman–Crippen LogP) is -0.677. The zero-order valence-electron chi connectivity index (χ0n) is 12.2. The van der Waals surface area contributed by atoms with Gasteiger partial charge in [-0.05, 0) is 38.5 Å². The van der Waals surface area contributed by atoms with E-state index in [2.05, 4.69) is 15.6 Å². The van der Waals surface area contributed by atoms with Gasteiger partial charge in [0, 0.05) is 19.1 Å². The van der Waals surface area contributed by atoms with Crippen molar-refractivity contribution < 1.29 is 9.59 Å². The minimum atomic E-state index is -0.389. The zero-order valence-corrected chi connectivity index (χ0v) is 12.2. The van der Waals surface area contributed by atoms with Gasteiger partial charge >= 0.3 is 0 Å². The van der Waals surface area contributed by atoms with Crippen LogP contribution in [0.5, 0.6) is 0 Å². The Morgan fingerprint density at radius 1 is 1.38 bits per heavy atom. The van der Waals surface area contributed by atoms with Crippen molar-refractivity contribution in [3.8, 4) is 0 Å². The maximum absolute atomic E-state index is 12.3. The second-order valence-electron chi connectivity index (χ2n) is 6.08. The molecular weight excluding hydrogens is 270 g/mol. The highest BCUT2D eigenvalue weighted by Gasteiger charge is 2.42. The van der Waals surface area contributed by atoms with Crippen LogP contribution in [0, 0.1) is 0 Å². The van der Waals surface area contributed by atoms with Crippen molar-refractivity contribution in [2.75, 3.05) is 13.1 Å². The standard InChI is InChI=1S/C14H23N5O2/c15-14(17-9-5-6-9)16-7-1-3-10-13(21)19-8-2-4-11(19)12(20)18-10/h9-11H,1-8H2,(H,18,20)(H3,15,16,17)/t10-,11?/m0/s1. The van der Waals surface area contributed by atoms with Crippen LogP contribution in [0.25, 0.3) is 0 Å². The van der Waals surface area contributed by atoms with Gasteiger partial charge in [-0.2, -0.15) is 0 Å². The van der Waals surface area contributed by atoms with E-state index in [1.807, 2.05) is 0 Å². The van der Waals surface area contributed by atoms with Crippen LogP contribution in [-0.4, -0.2) is 53.9 Å². The number of hydrogen-bond donors (Lipinski definition) is 3. The van der Waals surface area contributed by atoms with Crippen molar-refractivity contribution in [3.05, 3.63) is 0 Å². The highest BCUT2D eigenvalue weighted by atomic mass is 16.2. The fraction of sp³-hybridized carbons (Fsp3) is 0.786. The summed E-state index contributed by atoms with van der Waals surface area (Å²) in [6.07, 6.45) is 5.39. The fourth-order valence-corrected chi connectivity index (χ4v) is 3.01. The molecule has 3 fully saturated rings. The molecule has 0 aromatic carbocycles. The van der Waals surface area contributed by atoms with Gasteiger partial charge in [0.05, 0.1) is 0 Å². The molecule has 7 heteroatoms. The van der Waals surface area contributed by atoms with Crippen molar-refractivity contribution >= 4 is 17.8 Å². The molecule has 2 saturated heterocycles. The van der Waals surface area contributed by atoms with Crippen LogP contribution < -0.4 is 16.4 Å². The van der Waals surface area contributed by atoms with Gasteiger partial charge in [-0.15, -0.1) is 0 Å². The summed E-state index contributed by atoms with van der Waals surface area (Å²) in [5, 5.41) is 5.96. The summed E-state index contributed by atoms with van der Waals surface area (Å²) in [4.78, 5) is 30.2. The van der Waals surface area contributed by atoms with Gasteiger partial charge in [-0.1, -0.05) is 0 Å². The number of hydrogen-bond acceptors (Lipinski definition) is 3. The van der Waals surface area contributed by atoms with E-state index >= 15 is 0 Å². The van der Waals surface area contributed by atoms with E-state index < -0.39 is 0 Å². The number of nitrogens with two attached hydrogens (primary N) is 1. The second-order valence-corrected chi connectivity index (χ2v) is 6.08. The Kier molecular flexibility index (Phi) is 3.98. The summed E-state index contributed by atoms with van der Waals surface area (Å²) in [6, 6.07) is -0.120. The zero-order chi connectivity index (χ0) is 14.8. The van der Waals surface area contributed by atoms with E-state index in [0.717, 1.165) is 32.1 Å². The Bertz CT molecular complexity index is 460. The van der Waals surface area contributed by atoms with E-state index in [0.29, 0.717) is 31.5 Å². The number of piperazine rings is 1. The van der Waals surface area contributed by atoms with Crippen molar-refractivity contribution in [2.24, 2.45) is 10.7 Å². The molecular formula is C14H23N5O2. The van der Waals surface area contributed by atoms with Crippen LogP contribution in [0.3, 0.4) is 0 Å². The Hall–Kier alpha value is -1.79. The van der Waals surface area contributed by atoms with E-state index in [1.54, 1.807) is 4.90 Å². The van der Waals surface area contributed by atoms with E-state index in [1.165, 1.54) is 0 Å². The number of fused-ring (bicyclic) bond motifs is 1. The molecule has 4 N–H and O–H groups in total. The molecule has 1 aliphatic carbocycles. The first kappa shape index (κ1) is 14.2. The molecule has 2 heterocycles. The van der Waals surface area contributed by atoms with Crippen LogP contribution in [0.2, 0.25) is 0 Å². The number of aliphatic imine (C=N–C) groups is 1. The number of carbonyl (C=O) groups excluding carboxylic acids is 2. The van der Waals surface area contributed by atoms with Crippen LogP contribution in [0.1, 0.15) is 38.5 Å². The predicted molar refractivity (Wildman–Crippen MR) is 78.5 cm³/mol. The van der Waals surface area contributed by atoms with Gasteiger partial charge in [0.15, 0.2) is 5.96 Å². The molecule has 0 aromatic heterocycles. The Morgan fingerprint density at radius 3 is 2.95 bits per heavy atom. The SMILES string of the molecule is NC(=NCCC[C@@H]1NC(=O)C2CCCN2C1=O)NC1CC1. The number of rotatable bonds is 5. The Morgan fingerprint density at radius 2 is 2.19 bits per heavy atom. The lowest BCUT2D eigenvalue weighted by Crippen LogP contribution is -2.61. The highest BCUT2D eigenvalue weighted by Crippen LogP contribution is 2.23. The summed E-state index contributed by atoms with van der Waals surface area (Å²) in [7, 11) is 0. The van der Waals surface area contributed by atoms with Crippen molar-refractivity contribution in [2.45, 2.75) is 56.7 Å². The third kappa shape index (κ3) is 3.28. The minimum absolute atomic E-state index is 0.00415. The first-order valence-corrected chi connectivity index (χ1v) is 7.82. The van der Waals surface area contributed by atoms with Crippen LogP contribution in [0.15, 0.2) is 4.99 Å². The largest absolute Gasteiger partial charge is 0.370 e. The molecule has 3 rings (SSSR count). The molecule has 0 spiro atoms. The monoisotopic (exact) mass is 293 g/mol. The number of carbonyl (C=O) groups is 2. The molecule has 0 bridgehead atoms. The summed E-state index contributed by atoms with van der Waals surface area (Å²) in [6.45, 7) is 1.29. The Labute approximate surface area is 124 Å². The lowest BCUT2D eigenvalue weighted by molar-refractivity contribution is -0.147. The molecule has 2 amide bonds. The van der Waals surface area contributed by atoms with Crippen LogP contribution in [-0.2, 0) is 9.59 Å². The molecule has 1 saturated carbocycles. The lowest BCUT2D eigenvalue weighted by Gasteiger charge is -2.34. The molecule has 2 atom stereocenters. The number of guanidine groups is 1. The summed E-state index contributed by atoms with van der Waals surface area (Å²) >= 11 is 0. The van der Waals surface area contributed by atoms with Gasteiger partial charge in [-0.3, -0.25) is 14.6 Å². The number of amides is 2. The highest BCUT2D eigenvalue weighted by molar-refractivity contribution is 5.97. The average molecular weight is 293 g/mol. The number of nitrogens with zero attached hydrogens (tertiary/aromatic N) is 2. The number of nitrogens with one attached hydrogen (secondary N) is 2. The molecule has 1 unspecified atom stereocenters. The van der Waals surface area contributed by atoms with Gasteiger partial charge in [0.2, 0.25) is 11.8 Å². The lowest BCUT2D eigenvalue weighted by atomic mass is 10.0. The first-order valence-electron chi connectivity index (χ1n) is 7.82. The molecule has 2 aliphatic heterocycles. The van der Waals surface area contributed by atoms with Crippen LogP contribution >= 0.6 is 0 Å². The topological polar surface area (TPSA) is 99.8 Å². The van der Waals surface area contributed by atoms with Gasteiger partial charge in [-0.25, -0.2) is 0 Å². The second kappa shape index (κ2) is 5.91. The summed E-state index contributed by atoms with van der Waals surface area (Å²) in [5.74, 6) is 0.539. The maximum Gasteiger partial charge on any atom is 0.245 e. The fourth-order valence-electron chi connectivity index (χ4n) is 3.01. The quantitative estimate of drug-likeness (QED) is 0.355.